The molecule has 0 heterocycles. The van der Waals surface area contributed by atoms with Crippen molar-refractivity contribution >= 4 is 17.7 Å². The summed E-state index contributed by atoms with van der Waals surface area (Å²) in [5.41, 5.74) is 6.62. The highest BCUT2D eigenvalue weighted by molar-refractivity contribution is 8.00. The molecule has 1 rings (SSSR count). The molecule has 3 N–H and O–H groups in total. The molecule has 0 radical (unpaired) electrons. The van der Waals surface area contributed by atoms with E-state index in [9.17, 15) is 4.79 Å². The standard InChI is InChI=1S/C12H16N2OS/c1-2-6-14-12(15)9-16-11-5-3-4-10(7-11)8-13/h2-5,7H,1,6,8-9,13H2,(H,14,15). The van der Waals surface area contributed by atoms with Crippen molar-refractivity contribution in [2.24, 2.45) is 5.73 Å². The third kappa shape index (κ3) is 4.51. The van der Waals surface area contributed by atoms with Gasteiger partial charge in [0.25, 0.3) is 0 Å². The third-order valence-electron chi connectivity index (χ3n) is 1.95. The summed E-state index contributed by atoms with van der Waals surface area (Å²) >= 11 is 1.51. The van der Waals surface area contributed by atoms with Crippen molar-refractivity contribution in [2.75, 3.05) is 12.3 Å². The van der Waals surface area contributed by atoms with Gasteiger partial charge in [-0.2, -0.15) is 0 Å². The van der Waals surface area contributed by atoms with Gasteiger partial charge in [-0.3, -0.25) is 4.79 Å². The second-order valence-corrected chi connectivity index (χ2v) is 4.28. The van der Waals surface area contributed by atoms with Crippen molar-refractivity contribution in [1.82, 2.24) is 5.32 Å². The SMILES string of the molecule is C=CCNC(=O)CSc1cccc(CN)c1. The van der Waals surface area contributed by atoms with Gasteiger partial charge in [0.05, 0.1) is 5.75 Å². The van der Waals surface area contributed by atoms with E-state index in [4.69, 9.17) is 5.73 Å². The molecule has 0 unspecified atom stereocenters. The lowest BCUT2D eigenvalue weighted by atomic mass is 10.2. The Bertz CT molecular complexity index is 366. The largest absolute Gasteiger partial charge is 0.352 e. The van der Waals surface area contributed by atoms with Gasteiger partial charge in [0.15, 0.2) is 0 Å². The molecular formula is C12H16N2OS. The number of benzene rings is 1. The number of carbonyl (C=O) groups excluding carboxylic acids is 1. The van der Waals surface area contributed by atoms with Gasteiger partial charge in [0.2, 0.25) is 5.91 Å². The van der Waals surface area contributed by atoms with Gasteiger partial charge in [0.1, 0.15) is 0 Å². The highest BCUT2D eigenvalue weighted by Crippen LogP contribution is 2.18. The van der Waals surface area contributed by atoms with Crippen molar-refractivity contribution in [3.05, 3.63) is 42.5 Å². The number of hydrogen-bond donors (Lipinski definition) is 2. The van der Waals surface area contributed by atoms with Crippen molar-refractivity contribution in [2.45, 2.75) is 11.4 Å². The molecule has 16 heavy (non-hydrogen) atoms. The molecule has 1 aromatic carbocycles. The normalized spacial score (nSPS) is 9.81. The molecule has 4 heteroatoms. The predicted molar refractivity (Wildman–Crippen MR) is 68.3 cm³/mol. The Morgan fingerprint density at radius 3 is 3.06 bits per heavy atom. The topological polar surface area (TPSA) is 55.1 Å². The highest BCUT2D eigenvalue weighted by atomic mass is 32.2. The number of amides is 1. The molecule has 0 aliphatic rings. The first-order chi connectivity index (χ1) is 7.76. The summed E-state index contributed by atoms with van der Waals surface area (Å²) in [7, 11) is 0. The summed E-state index contributed by atoms with van der Waals surface area (Å²) in [5, 5.41) is 2.73. The second-order valence-electron chi connectivity index (χ2n) is 3.23. The van der Waals surface area contributed by atoms with Crippen LogP contribution in [0.2, 0.25) is 0 Å². The zero-order valence-corrected chi connectivity index (χ0v) is 9.93. The average Bonchev–Trinajstić information content (AvgIpc) is 2.34. The quantitative estimate of drug-likeness (QED) is 0.582. The Hall–Kier alpha value is -1.26. The number of nitrogens with one attached hydrogen (secondary N) is 1. The molecule has 0 fully saturated rings. The van der Waals surface area contributed by atoms with E-state index in [1.54, 1.807) is 6.08 Å². The van der Waals surface area contributed by atoms with Gasteiger partial charge in [0, 0.05) is 18.0 Å². The average molecular weight is 236 g/mol. The van der Waals surface area contributed by atoms with Crippen LogP contribution in [-0.4, -0.2) is 18.2 Å². The molecule has 0 saturated heterocycles. The first kappa shape index (κ1) is 12.8. The lowest BCUT2D eigenvalue weighted by Gasteiger charge is -2.04. The second kappa shape index (κ2) is 7.09. The number of thioether (sulfide) groups is 1. The molecule has 0 aliphatic heterocycles. The highest BCUT2D eigenvalue weighted by Gasteiger charge is 2.01. The van der Waals surface area contributed by atoms with Gasteiger partial charge >= 0.3 is 0 Å². The van der Waals surface area contributed by atoms with E-state index in [1.807, 2.05) is 24.3 Å². The summed E-state index contributed by atoms with van der Waals surface area (Å²) in [6.07, 6.45) is 1.66. The summed E-state index contributed by atoms with van der Waals surface area (Å²) in [6, 6.07) is 7.91. The molecule has 0 aliphatic carbocycles. The van der Waals surface area contributed by atoms with E-state index in [0.717, 1.165) is 10.5 Å². The maximum atomic E-state index is 11.3. The van der Waals surface area contributed by atoms with Crippen molar-refractivity contribution in [3.63, 3.8) is 0 Å². The van der Waals surface area contributed by atoms with Gasteiger partial charge in [-0.15, -0.1) is 18.3 Å². The van der Waals surface area contributed by atoms with Crippen molar-refractivity contribution in [1.29, 1.82) is 0 Å². The Balaban J connectivity index is 2.41. The van der Waals surface area contributed by atoms with Crippen LogP contribution in [-0.2, 0) is 11.3 Å². The van der Waals surface area contributed by atoms with Crippen LogP contribution in [0, 0.1) is 0 Å². The molecule has 0 spiro atoms. The van der Waals surface area contributed by atoms with Crippen LogP contribution in [0.4, 0.5) is 0 Å². The molecular weight excluding hydrogens is 220 g/mol. The third-order valence-corrected chi connectivity index (χ3v) is 2.94. The number of nitrogens with two attached hydrogens (primary N) is 1. The van der Waals surface area contributed by atoms with Gasteiger partial charge in [-0.05, 0) is 17.7 Å². The molecule has 1 amide bonds. The number of carbonyl (C=O) groups is 1. The predicted octanol–water partition coefficient (Wildman–Crippen LogP) is 1.54. The Labute approximate surface area is 100 Å². The fourth-order valence-corrected chi connectivity index (χ4v) is 1.96. The monoisotopic (exact) mass is 236 g/mol. The fourth-order valence-electron chi connectivity index (χ4n) is 1.15. The first-order valence-electron chi connectivity index (χ1n) is 5.05. The molecule has 86 valence electrons. The van der Waals surface area contributed by atoms with E-state index in [2.05, 4.69) is 11.9 Å². The molecule has 1 aromatic rings. The fraction of sp³-hybridized carbons (Fsp3) is 0.250. The molecule has 0 bridgehead atoms. The summed E-state index contributed by atoms with van der Waals surface area (Å²) < 4.78 is 0. The summed E-state index contributed by atoms with van der Waals surface area (Å²) in [5.74, 6) is 0.435. The molecule has 0 saturated carbocycles. The lowest BCUT2D eigenvalue weighted by Crippen LogP contribution is -2.24. The summed E-state index contributed by atoms with van der Waals surface area (Å²) in [4.78, 5) is 12.4. The van der Waals surface area contributed by atoms with Crippen molar-refractivity contribution in [3.8, 4) is 0 Å². The molecule has 3 nitrogen and oxygen atoms in total. The number of rotatable bonds is 6. The van der Waals surface area contributed by atoms with Crippen LogP contribution >= 0.6 is 11.8 Å². The van der Waals surface area contributed by atoms with E-state index in [-0.39, 0.29) is 5.91 Å². The Morgan fingerprint density at radius 2 is 2.38 bits per heavy atom. The van der Waals surface area contributed by atoms with Crippen molar-refractivity contribution < 1.29 is 4.79 Å². The van der Waals surface area contributed by atoms with E-state index >= 15 is 0 Å². The molecule has 0 atom stereocenters. The zero-order chi connectivity index (χ0) is 11.8. The van der Waals surface area contributed by atoms with Crippen LogP contribution < -0.4 is 11.1 Å². The minimum atomic E-state index is 0.0167. The van der Waals surface area contributed by atoms with E-state index in [0.29, 0.717) is 18.8 Å². The van der Waals surface area contributed by atoms with E-state index < -0.39 is 0 Å². The summed E-state index contributed by atoms with van der Waals surface area (Å²) in [6.45, 7) is 4.58. The van der Waals surface area contributed by atoms with Crippen LogP contribution in [0.1, 0.15) is 5.56 Å². The van der Waals surface area contributed by atoms with Gasteiger partial charge in [-0.25, -0.2) is 0 Å². The van der Waals surface area contributed by atoms with Gasteiger partial charge in [-0.1, -0.05) is 18.2 Å². The lowest BCUT2D eigenvalue weighted by molar-refractivity contribution is -0.118. The minimum Gasteiger partial charge on any atom is -0.352 e. The van der Waals surface area contributed by atoms with E-state index in [1.165, 1.54) is 11.8 Å². The van der Waals surface area contributed by atoms with Crippen LogP contribution in [0.25, 0.3) is 0 Å². The molecule has 0 aromatic heterocycles. The zero-order valence-electron chi connectivity index (χ0n) is 9.11. The smallest absolute Gasteiger partial charge is 0.230 e. The van der Waals surface area contributed by atoms with Crippen LogP contribution in [0.5, 0.6) is 0 Å². The Morgan fingerprint density at radius 1 is 1.56 bits per heavy atom. The van der Waals surface area contributed by atoms with Gasteiger partial charge < -0.3 is 11.1 Å². The first-order valence-corrected chi connectivity index (χ1v) is 6.04. The maximum absolute atomic E-state index is 11.3. The number of hydrogen-bond acceptors (Lipinski definition) is 3. The Kier molecular flexibility index (Phi) is 5.67. The maximum Gasteiger partial charge on any atom is 0.230 e. The van der Waals surface area contributed by atoms with Crippen LogP contribution in [0.3, 0.4) is 0 Å². The minimum absolute atomic E-state index is 0.0167. The van der Waals surface area contributed by atoms with Crippen LogP contribution in [0.15, 0.2) is 41.8 Å².